The zero-order chi connectivity index (χ0) is 23.1. The molecule has 0 spiro atoms. The molecule has 2 atom stereocenters. The first-order chi connectivity index (χ1) is 16.0. The third kappa shape index (κ3) is 3.55. The predicted molar refractivity (Wildman–Crippen MR) is 115 cm³/mol. The number of aromatic nitrogens is 2. The molecule has 3 aromatic rings. The second-order valence-electron chi connectivity index (χ2n) is 7.26. The van der Waals surface area contributed by atoms with Gasteiger partial charge in [0.15, 0.2) is 12.1 Å². The van der Waals surface area contributed by atoms with Gasteiger partial charge in [0.2, 0.25) is 11.7 Å². The first-order valence-corrected chi connectivity index (χ1v) is 10.2. The summed E-state index contributed by atoms with van der Waals surface area (Å²) >= 11 is 6.02. The molecule has 0 unspecified atom stereocenters. The lowest BCUT2D eigenvalue weighted by Crippen LogP contribution is -2.39. The Balaban J connectivity index is 1.37. The third-order valence-corrected chi connectivity index (χ3v) is 5.57. The van der Waals surface area contributed by atoms with Gasteiger partial charge in [-0.2, -0.15) is 10.1 Å². The number of anilines is 1. The Morgan fingerprint density at radius 3 is 2.70 bits per heavy atom. The van der Waals surface area contributed by atoms with Crippen molar-refractivity contribution in [3.63, 3.8) is 0 Å². The second-order valence-corrected chi connectivity index (χ2v) is 7.70. The van der Waals surface area contributed by atoms with Crippen LogP contribution in [-0.2, 0) is 16.1 Å². The van der Waals surface area contributed by atoms with Gasteiger partial charge in [-0.05, 0) is 30.3 Å². The first-order valence-electron chi connectivity index (χ1n) is 9.86. The number of carbonyl (C=O) groups excluding carboxylic acids is 2. The van der Waals surface area contributed by atoms with E-state index >= 15 is 0 Å². The Kier molecular flexibility index (Phi) is 5.17. The highest BCUT2D eigenvalue weighted by molar-refractivity contribution is 6.31. The molecule has 0 saturated carbocycles. The van der Waals surface area contributed by atoms with Crippen molar-refractivity contribution in [2.24, 2.45) is 10.3 Å². The molecule has 5 rings (SSSR count). The number of hydrogen-bond donors (Lipinski definition) is 0. The number of amides is 2. The van der Waals surface area contributed by atoms with Crippen molar-refractivity contribution in [1.29, 1.82) is 0 Å². The van der Waals surface area contributed by atoms with E-state index in [2.05, 4.69) is 20.5 Å². The standard InChI is InChI=1S/C21H17ClN6O5/c1-31-13-6-7-14(15(9-13)32-2)19-23-16(33-25-19)10-27-18-17(24-26-27)20(29)28(21(18)30)12-5-3-4-11(22)8-12/h3-9,17-18H,10H2,1-2H3/t17-,18-/m0/s1. The Hall–Kier alpha value is -3.99. The van der Waals surface area contributed by atoms with E-state index in [1.807, 2.05) is 0 Å². The van der Waals surface area contributed by atoms with Crippen LogP contribution in [0, 0.1) is 0 Å². The maximum atomic E-state index is 13.1. The van der Waals surface area contributed by atoms with E-state index in [-0.39, 0.29) is 12.4 Å². The molecule has 2 aliphatic rings. The molecule has 1 fully saturated rings. The molecule has 0 bridgehead atoms. The number of carbonyl (C=O) groups is 2. The zero-order valence-corrected chi connectivity index (χ0v) is 18.3. The van der Waals surface area contributed by atoms with Crippen LogP contribution >= 0.6 is 11.6 Å². The van der Waals surface area contributed by atoms with Crippen LogP contribution in [0.3, 0.4) is 0 Å². The smallest absolute Gasteiger partial charge is 0.263 e. The minimum absolute atomic E-state index is 0.00145. The molecule has 1 saturated heterocycles. The van der Waals surface area contributed by atoms with Crippen LogP contribution < -0.4 is 14.4 Å². The van der Waals surface area contributed by atoms with E-state index in [1.165, 1.54) is 12.1 Å². The molecule has 168 valence electrons. The van der Waals surface area contributed by atoms with Gasteiger partial charge >= 0.3 is 0 Å². The normalized spacial score (nSPS) is 19.4. The van der Waals surface area contributed by atoms with Crippen molar-refractivity contribution in [2.45, 2.75) is 18.6 Å². The largest absolute Gasteiger partial charge is 0.497 e. The second kappa shape index (κ2) is 8.17. The fraction of sp³-hybridized carbons (Fsp3) is 0.238. The highest BCUT2D eigenvalue weighted by Crippen LogP contribution is 2.35. The Morgan fingerprint density at radius 2 is 1.94 bits per heavy atom. The van der Waals surface area contributed by atoms with E-state index in [1.54, 1.807) is 49.6 Å². The number of ether oxygens (including phenoxy) is 2. The lowest BCUT2D eigenvalue weighted by atomic mass is 10.1. The zero-order valence-electron chi connectivity index (χ0n) is 17.5. The quantitative estimate of drug-likeness (QED) is 0.506. The van der Waals surface area contributed by atoms with Crippen LogP contribution in [0.15, 0.2) is 57.3 Å². The summed E-state index contributed by atoms with van der Waals surface area (Å²) < 4.78 is 15.9. The van der Waals surface area contributed by atoms with Crippen LogP contribution in [0.1, 0.15) is 5.89 Å². The molecule has 0 N–H and O–H groups in total. The number of rotatable bonds is 6. The molecule has 0 radical (unpaired) electrons. The summed E-state index contributed by atoms with van der Waals surface area (Å²) in [5.41, 5.74) is 0.988. The number of benzene rings is 2. The minimum Gasteiger partial charge on any atom is -0.497 e. The average molecular weight is 469 g/mol. The highest BCUT2D eigenvalue weighted by Gasteiger charge is 2.55. The lowest BCUT2D eigenvalue weighted by Gasteiger charge is -2.19. The van der Waals surface area contributed by atoms with Crippen molar-refractivity contribution in [2.75, 3.05) is 19.1 Å². The fourth-order valence-electron chi connectivity index (χ4n) is 3.77. The molecule has 11 nitrogen and oxygen atoms in total. The van der Waals surface area contributed by atoms with Gasteiger partial charge in [0, 0.05) is 11.1 Å². The minimum atomic E-state index is -0.944. The number of methoxy groups -OCH3 is 2. The predicted octanol–water partition coefficient (Wildman–Crippen LogP) is 2.90. The van der Waals surface area contributed by atoms with Crippen LogP contribution in [0.5, 0.6) is 11.5 Å². The number of nitrogens with zero attached hydrogens (tertiary/aromatic N) is 6. The van der Waals surface area contributed by atoms with Crippen LogP contribution in [0.25, 0.3) is 11.4 Å². The van der Waals surface area contributed by atoms with Crippen LogP contribution in [0.4, 0.5) is 5.69 Å². The van der Waals surface area contributed by atoms with Crippen molar-refractivity contribution >= 4 is 29.1 Å². The summed E-state index contributed by atoms with van der Waals surface area (Å²) in [6.45, 7) is -0.00145. The summed E-state index contributed by atoms with van der Waals surface area (Å²) in [5, 5.41) is 13.8. The Labute approximate surface area is 192 Å². The maximum absolute atomic E-state index is 13.1. The van der Waals surface area contributed by atoms with Gasteiger partial charge in [0.1, 0.15) is 18.0 Å². The lowest BCUT2D eigenvalue weighted by molar-refractivity contribution is -0.123. The number of fused-ring (bicyclic) bond motifs is 1. The number of hydrogen-bond acceptors (Lipinski definition) is 10. The van der Waals surface area contributed by atoms with Gasteiger partial charge < -0.3 is 14.0 Å². The molecule has 2 amide bonds. The Morgan fingerprint density at radius 1 is 1.09 bits per heavy atom. The summed E-state index contributed by atoms with van der Waals surface area (Å²) in [7, 11) is 3.08. The van der Waals surface area contributed by atoms with Crippen LogP contribution in [0.2, 0.25) is 5.02 Å². The third-order valence-electron chi connectivity index (χ3n) is 5.34. The van der Waals surface area contributed by atoms with Gasteiger partial charge in [-0.25, -0.2) is 4.90 Å². The molecule has 33 heavy (non-hydrogen) atoms. The van der Waals surface area contributed by atoms with Gasteiger partial charge in [-0.1, -0.05) is 28.0 Å². The van der Waals surface area contributed by atoms with Crippen molar-refractivity contribution < 1.29 is 23.6 Å². The molecule has 2 aliphatic heterocycles. The average Bonchev–Trinajstić information content (AvgIpc) is 3.51. The van der Waals surface area contributed by atoms with Crippen molar-refractivity contribution in [3.05, 3.63) is 53.4 Å². The SMILES string of the molecule is COc1ccc(-c2noc(CN3N=N[C@@H]4C(=O)N(c5cccc(Cl)c5)C(=O)[C@H]43)n2)c(OC)c1. The monoisotopic (exact) mass is 468 g/mol. The van der Waals surface area contributed by atoms with E-state index in [0.29, 0.717) is 33.6 Å². The molecule has 0 aliphatic carbocycles. The molecular weight excluding hydrogens is 452 g/mol. The summed E-state index contributed by atoms with van der Waals surface area (Å²) in [4.78, 5) is 31.4. The van der Waals surface area contributed by atoms with E-state index in [0.717, 1.165) is 4.90 Å². The molecule has 2 aromatic carbocycles. The van der Waals surface area contributed by atoms with Crippen molar-refractivity contribution in [1.82, 2.24) is 15.1 Å². The molecular formula is C21H17ClN6O5. The van der Waals surface area contributed by atoms with E-state index in [4.69, 9.17) is 25.6 Å². The van der Waals surface area contributed by atoms with Gasteiger partial charge in [0.25, 0.3) is 11.8 Å². The molecule has 1 aromatic heterocycles. The topological polar surface area (TPSA) is 123 Å². The summed E-state index contributed by atoms with van der Waals surface area (Å²) in [6.07, 6.45) is 0. The summed E-state index contributed by atoms with van der Waals surface area (Å²) in [6, 6.07) is 9.87. The maximum Gasteiger partial charge on any atom is 0.263 e. The van der Waals surface area contributed by atoms with E-state index in [9.17, 15) is 9.59 Å². The van der Waals surface area contributed by atoms with Gasteiger partial charge in [0.05, 0.1) is 25.5 Å². The highest BCUT2D eigenvalue weighted by atomic mass is 35.5. The molecule has 12 heteroatoms. The Bertz CT molecular complexity index is 1280. The van der Waals surface area contributed by atoms with Gasteiger partial charge in [-0.3, -0.25) is 14.6 Å². The van der Waals surface area contributed by atoms with Gasteiger partial charge in [-0.15, -0.1) is 0 Å². The van der Waals surface area contributed by atoms with Crippen LogP contribution in [-0.4, -0.2) is 53.3 Å². The first kappa shape index (κ1) is 20.9. The van der Waals surface area contributed by atoms with Crippen molar-refractivity contribution in [3.8, 4) is 22.9 Å². The number of halogens is 1. The van der Waals surface area contributed by atoms with E-state index < -0.39 is 23.9 Å². The number of imide groups is 1. The summed E-state index contributed by atoms with van der Waals surface area (Å²) in [5.74, 6) is 0.713. The molecule has 3 heterocycles. The fourth-order valence-corrected chi connectivity index (χ4v) is 3.96.